The third kappa shape index (κ3) is 3.67. The third-order valence-electron chi connectivity index (χ3n) is 6.46. The zero-order valence-electron chi connectivity index (χ0n) is 16.3. The number of nitrogens with zero attached hydrogens (tertiary/aromatic N) is 2. The van der Waals surface area contributed by atoms with Crippen molar-refractivity contribution in [2.45, 2.75) is 70.9 Å². The Hall–Kier alpha value is -2.10. The first-order valence-corrected chi connectivity index (χ1v) is 10.6. The van der Waals surface area contributed by atoms with Crippen LogP contribution in [0.1, 0.15) is 68.6 Å². The SMILES string of the molecule is C[C@@H]1CCCCN1C(=O)Cn1cc(C(=O)C2CCCCC2)c2ccccc21. The number of hydrogen-bond donors (Lipinski definition) is 0. The maximum Gasteiger partial charge on any atom is 0.242 e. The van der Waals surface area contributed by atoms with Crippen LogP contribution < -0.4 is 0 Å². The maximum absolute atomic E-state index is 13.2. The first-order valence-electron chi connectivity index (χ1n) is 10.6. The van der Waals surface area contributed by atoms with Gasteiger partial charge in [0.15, 0.2) is 5.78 Å². The molecule has 1 aromatic carbocycles. The number of amides is 1. The van der Waals surface area contributed by atoms with Crippen molar-refractivity contribution >= 4 is 22.6 Å². The molecule has 0 radical (unpaired) electrons. The smallest absolute Gasteiger partial charge is 0.242 e. The number of aromatic nitrogens is 1. The molecule has 1 amide bonds. The molecule has 1 aliphatic carbocycles. The number of Topliss-reactive ketones (excluding diaryl/α,β-unsaturated/α-hetero) is 1. The lowest BCUT2D eigenvalue weighted by atomic mass is 9.84. The van der Waals surface area contributed by atoms with Gasteiger partial charge < -0.3 is 9.47 Å². The van der Waals surface area contributed by atoms with E-state index in [1.165, 1.54) is 12.8 Å². The predicted molar refractivity (Wildman–Crippen MR) is 108 cm³/mol. The minimum absolute atomic E-state index is 0.149. The van der Waals surface area contributed by atoms with Gasteiger partial charge in [-0.15, -0.1) is 0 Å². The Bertz CT molecular complexity index is 832. The summed E-state index contributed by atoms with van der Waals surface area (Å²) in [5.41, 5.74) is 1.80. The number of benzene rings is 1. The summed E-state index contributed by atoms with van der Waals surface area (Å²) in [5.74, 6) is 0.582. The maximum atomic E-state index is 13.2. The van der Waals surface area contributed by atoms with Gasteiger partial charge in [-0.2, -0.15) is 0 Å². The van der Waals surface area contributed by atoms with Crippen molar-refractivity contribution in [3.63, 3.8) is 0 Å². The van der Waals surface area contributed by atoms with Crippen LogP contribution in [0.5, 0.6) is 0 Å². The van der Waals surface area contributed by atoms with Crippen molar-refractivity contribution < 1.29 is 9.59 Å². The number of para-hydroxylation sites is 1. The molecular weight excluding hydrogens is 336 g/mol. The van der Waals surface area contributed by atoms with Gasteiger partial charge in [0, 0.05) is 41.2 Å². The molecule has 2 aromatic rings. The van der Waals surface area contributed by atoms with Gasteiger partial charge in [0.05, 0.1) is 0 Å². The van der Waals surface area contributed by atoms with Crippen molar-refractivity contribution in [3.05, 3.63) is 36.0 Å². The summed E-state index contributed by atoms with van der Waals surface area (Å²) in [4.78, 5) is 28.1. The quantitative estimate of drug-likeness (QED) is 0.729. The fraction of sp³-hybridized carbons (Fsp3) is 0.565. The summed E-state index contributed by atoms with van der Waals surface area (Å²) in [6.07, 6.45) is 10.9. The molecule has 1 atom stereocenters. The van der Waals surface area contributed by atoms with Crippen LogP contribution in [-0.4, -0.2) is 33.7 Å². The number of piperidine rings is 1. The van der Waals surface area contributed by atoms with Crippen molar-refractivity contribution in [1.82, 2.24) is 9.47 Å². The Kier molecular flexibility index (Phi) is 5.33. The second-order valence-electron chi connectivity index (χ2n) is 8.32. The van der Waals surface area contributed by atoms with Crippen molar-refractivity contribution in [2.75, 3.05) is 6.54 Å². The summed E-state index contributed by atoms with van der Waals surface area (Å²) in [5, 5.41) is 0.993. The molecule has 4 nitrogen and oxygen atoms in total. The number of ketones is 1. The number of hydrogen-bond acceptors (Lipinski definition) is 2. The van der Waals surface area contributed by atoms with E-state index in [9.17, 15) is 9.59 Å². The molecule has 2 aliphatic rings. The van der Waals surface area contributed by atoms with E-state index in [0.717, 1.165) is 61.5 Å². The number of rotatable bonds is 4. The van der Waals surface area contributed by atoms with Gasteiger partial charge in [0.25, 0.3) is 0 Å². The molecule has 0 unspecified atom stereocenters. The monoisotopic (exact) mass is 366 g/mol. The number of fused-ring (bicyclic) bond motifs is 1. The first kappa shape index (κ1) is 18.3. The summed E-state index contributed by atoms with van der Waals surface area (Å²) < 4.78 is 2.00. The average molecular weight is 367 g/mol. The Morgan fingerprint density at radius 2 is 1.74 bits per heavy atom. The molecule has 4 rings (SSSR count). The highest BCUT2D eigenvalue weighted by atomic mass is 16.2. The zero-order valence-corrected chi connectivity index (χ0v) is 16.3. The van der Waals surface area contributed by atoms with Gasteiger partial charge in [-0.1, -0.05) is 37.5 Å². The van der Waals surface area contributed by atoms with Crippen LogP contribution in [0.3, 0.4) is 0 Å². The van der Waals surface area contributed by atoms with Crippen LogP contribution >= 0.6 is 0 Å². The van der Waals surface area contributed by atoms with Gasteiger partial charge in [0.1, 0.15) is 6.54 Å². The average Bonchev–Trinajstić information content (AvgIpc) is 3.07. The van der Waals surface area contributed by atoms with Gasteiger partial charge in [-0.05, 0) is 45.1 Å². The second kappa shape index (κ2) is 7.87. The molecular formula is C23H30N2O2. The van der Waals surface area contributed by atoms with Crippen LogP contribution in [0.2, 0.25) is 0 Å². The molecule has 27 heavy (non-hydrogen) atoms. The van der Waals surface area contributed by atoms with Crippen LogP contribution in [0.4, 0.5) is 0 Å². The van der Waals surface area contributed by atoms with Crippen LogP contribution in [-0.2, 0) is 11.3 Å². The normalized spacial score (nSPS) is 21.5. The molecule has 2 heterocycles. The van der Waals surface area contributed by atoms with E-state index in [4.69, 9.17) is 0 Å². The Balaban J connectivity index is 1.61. The van der Waals surface area contributed by atoms with Crippen LogP contribution in [0.15, 0.2) is 30.5 Å². The topological polar surface area (TPSA) is 42.3 Å². The van der Waals surface area contributed by atoms with E-state index < -0.39 is 0 Å². The van der Waals surface area contributed by atoms with E-state index in [0.29, 0.717) is 12.6 Å². The minimum atomic E-state index is 0.149. The molecule has 2 fully saturated rings. The number of carbonyl (C=O) groups excluding carboxylic acids is 2. The molecule has 0 bridgehead atoms. The van der Waals surface area contributed by atoms with Crippen molar-refractivity contribution in [3.8, 4) is 0 Å². The fourth-order valence-corrected chi connectivity index (χ4v) is 4.86. The van der Waals surface area contributed by atoms with Crippen LogP contribution in [0, 0.1) is 5.92 Å². The number of carbonyl (C=O) groups is 2. The predicted octanol–water partition coefficient (Wildman–Crippen LogP) is 4.81. The molecule has 4 heteroatoms. The highest BCUT2D eigenvalue weighted by Gasteiger charge is 2.27. The lowest BCUT2D eigenvalue weighted by molar-refractivity contribution is -0.135. The fourth-order valence-electron chi connectivity index (χ4n) is 4.86. The first-order chi connectivity index (χ1) is 13.1. The molecule has 1 aromatic heterocycles. The van der Waals surface area contributed by atoms with Crippen molar-refractivity contribution in [1.29, 1.82) is 0 Å². The molecule has 0 N–H and O–H groups in total. The van der Waals surface area contributed by atoms with Crippen LogP contribution in [0.25, 0.3) is 10.9 Å². The third-order valence-corrected chi connectivity index (χ3v) is 6.46. The van der Waals surface area contributed by atoms with Crippen molar-refractivity contribution in [2.24, 2.45) is 5.92 Å². The zero-order chi connectivity index (χ0) is 18.8. The summed E-state index contributed by atoms with van der Waals surface area (Å²) >= 11 is 0. The lowest BCUT2D eigenvalue weighted by Gasteiger charge is -2.33. The van der Waals surface area contributed by atoms with Gasteiger partial charge in [0.2, 0.25) is 5.91 Å². The summed E-state index contributed by atoms with van der Waals surface area (Å²) in [7, 11) is 0. The van der Waals surface area contributed by atoms with E-state index >= 15 is 0 Å². The summed E-state index contributed by atoms with van der Waals surface area (Å²) in [6.45, 7) is 3.32. The standard InChI is InChI=1S/C23H30N2O2/c1-17-9-7-8-14-25(17)22(26)16-24-15-20(19-12-5-6-13-21(19)24)23(27)18-10-3-2-4-11-18/h5-6,12-13,15,17-18H,2-4,7-11,14,16H2,1H3/t17-/m1/s1. The van der Waals surface area contributed by atoms with Gasteiger partial charge in [-0.25, -0.2) is 0 Å². The molecule has 1 aliphatic heterocycles. The minimum Gasteiger partial charge on any atom is -0.338 e. The Morgan fingerprint density at radius 1 is 1.00 bits per heavy atom. The second-order valence-corrected chi connectivity index (χ2v) is 8.32. The van der Waals surface area contributed by atoms with E-state index in [1.54, 1.807) is 0 Å². The molecule has 0 spiro atoms. The Labute approximate surface area is 161 Å². The van der Waals surface area contributed by atoms with E-state index in [-0.39, 0.29) is 17.6 Å². The highest BCUT2D eigenvalue weighted by molar-refractivity contribution is 6.09. The van der Waals surface area contributed by atoms with Gasteiger partial charge >= 0.3 is 0 Å². The van der Waals surface area contributed by atoms with E-state index in [1.807, 2.05) is 39.9 Å². The largest absolute Gasteiger partial charge is 0.338 e. The van der Waals surface area contributed by atoms with Gasteiger partial charge in [-0.3, -0.25) is 9.59 Å². The highest BCUT2D eigenvalue weighted by Crippen LogP contribution is 2.31. The van der Waals surface area contributed by atoms with E-state index in [2.05, 4.69) is 6.92 Å². The Morgan fingerprint density at radius 3 is 2.52 bits per heavy atom. The molecule has 144 valence electrons. The molecule has 1 saturated carbocycles. The number of likely N-dealkylation sites (tertiary alicyclic amines) is 1. The lowest BCUT2D eigenvalue weighted by Crippen LogP contribution is -2.43. The molecule has 1 saturated heterocycles. The summed E-state index contributed by atoms with van der Waals surface area (Å²) in [6, 6.07) is 8.34.